The molecule has 5 heteroatoms. The summed E-state index contributed by atoms with van der Waals surface area (Å²) in [5.41, 5.74) is 7.01. The summed E-state index contributed by atoms with van der Waals surface area (Å²) in [7, 11) is 3.83. The molecule has 1 aromatic rings. The largest absolute Gasteiger partial charge is 0.496 e. The van der Waals surface area contributed by atoms with Gasteiger partial charge in [0.1, 0.15) is 5.75 Å². The molecule has 106 valence electrons. The Bertz CT molecular complexity index is 427. The SMILES string of the molecule is COc1ccc(Cl)cc1CN1CCN(C)CC1CN. The molecule has 1 aliphatic heterocycles. The lowest BCUT2D eigenvalue weighted by atomic mass is 10.1. The highest BCUT2D eigenvalue weighted by molar-refractivity contribution is 6.30. The Morgan fingerprint density at radius 1 is 1.42 bits per heavy atom. The smallest absolute Gasteiger partial charge is 0.123 e. The van der Waals surface area contributed by atoms with Gasteiger partial charge in [-0.3, -0.25) is 4.90 Å². The molecule has 0 bridgehead atoms. The molecule has 1 fully saturated rings. The van der Waals surface area contributed by atoms with E-state index in [-0.39, 0.29) is 0 Å². The zero-order valence-electron chi connectivity index (χ0n) is 11.6. The summed E-state index contributed by atoms with van der Waals surface area (Å²) >= 11 is 6.08. The van der Waals surface area contributed by atoms with Gasteiger partial charge in [-0.2, -0.15) is 0 Å². The number of benzene rings is 1. The summed E-state index contributed by atoms with van der Waals surface area (Å²) < 4.78 is 5.40. The fourth-order valence-electron chi connectivity index (χ4n) is 2.57. The van der Waals surface area contributed by atoms with Crippen LogP contribution in [0.25, 0.3) is 0 Å². The molecule has 1 aliphatic rings. The van der Waals surface area contributed by atoms with E-state index in [1.165, 1.54) is 0 Å². The zero-order valence-corrected chi connectivity index (χ0v) is 12.4. The number of methoxy groups -OCH3 is 1. The summed E-state index contributed by atoms with van der Waals surface area (Å²) in [5, 5.41) is 0.745. The van der Waals surface area contributed by atoms with E-state index in [0.717, 1.165) is 42.5 Å². The molecule has 1 unspecified atom stereocenters. The van der Waals surface area contributed by atoms with Crippen molar-refractivity contribution in [2.75, 3.05) is 40.3 Å². The van der Waals surface area contributed by atoms with Crippen molar-refractivity contribution in [3.8, 4) is 5.75 Å². The topological polar surface area (TPSA) is 41.7 Å². The summed E-state index contributed by atoms with van der Waals surface area (Å²) in [6.45, 7) is 4.61. The number of halogens is 1. The summed E-state index contributed by atoms with van der Waals surface area (Å²) in [4.78, 5) is 4.73. The number of nitrogens with zero attached hydrogens (tertiary/aromatic N) is 2. The maximum Gasteiger partial charge on any atom is 0.123 e. The molecule has 4 nitrogen and oxygen atoms in total. The van der Waals surface area contributed by atoms with Gasteiger partial charge in [0.05, 0.1) is 7.11 Å². The molecule has 2 rings (SSSR count). The quantitative estimate of drug-likeness (QED) is 0.908. The molecule has 0 amide bonds. The summed E-state index contributed by atoms with van der Waals surface area (Å²) in [6, 6.07) is 6.15. The zero-order chi connectivity index (χ0) is 13.8. The number of nitrogens with two attached hydrogens (primary N) is 1. The van der Waals surface area contributed by atoms with E-state index < -0.39 is 0 Å². The third-order valence-electron chi connectivity index (χ3n) is 3.70. The van der Waals surface area contributed by atoms with Crippen LogP contribution >= 0.6 is 11.6 Å². The maximum atomic E-state index is 6.08. The van der Waals surface area contributed by atoms with Gasteiger partial charge in [0, 0.05) is 49.4 Å². The van der Waals surface area contributed by atoms with Crippen molar-refractivity contribution in [2.45, 2.75) is 12.6 Å². The average Bonchev–Trinajstić information content (AvgIpc) is 2.41. The first-order chi connectivity index (χ1) is 9.13. The Morgan fingerprint density at radius 2 is 2.21 bits per heavy atom. The fourth-order valence-corrected chi connectivity index (χ4v) is 2.76. The van der Waals surface area contributed by atoms with Crippen LogP contribution < -0.4 is 10.5 Å². The molecule has 2 N–H and O–H groups in total. The maximum absolute atomic E-state index is 6.08. The average molecular weight is 284 g/mol. The van der Waals surface area contributed by atoms with E-state index in [2.05, 4.69) is 16.8 Å². The molecule has 1 heterocycles. The van der Waals surface area contributed by atoms with Gasteiger partial charge < -0.3 is 15.4 Å². The first-order valence-electron chi connectivity index (χ1n) is 6.59. The van der Waals surface area contributed by atoms with Crippen molar-refractivity contribution in [1.29, 1.82) is 0 Å². The Kier molecular flexibility index (Phi) is 5.05. The fraction of sp³-hybridized carbons (Fsp3) is 0.571. The van der Waals surface area contributed by atoms with Crippen molar-refractivity contribution in [1.82, 2.24) is 9.80 Å². The van der Waals surface area contributed by atoms with E-state index in [0.29, 0.717) is 12.6 Å². The number of ether oxygens (including phenoxy) is 1. The lowest BCUT2D eigenvalue weighted by molar-refractivity contribution is 0.0874. The molecule has 19 heavy (non-hydrogen) atoms. The second-order valence-corrected chi connectivity index (χ2v) is 5.51. The second kappa shape index (κ2) is 6.57. The molecule has 0 aliphatic carbocycles. The number of piperazine rings is 1. The molecule has 1 saturated heterocycles. The van der Waals surface area contributed by atoms with Crippen molar-refractivity contribution < 1.29 is 4.74 Å². The van der Waals surface area contributed by atoms with Crippen LogP contribution in [0.4, 0.5) is 0 Å². The summed E-state index contributed by atoms with van der Waals surface area (Å²) in [5.74, 6) is 0.888. The molecule has 0 aromatic heterocycles. The molecule has 0 radical (unpaired) electrons. The van der Waals surface area contributed by atoms with Gasteiger partial charge in [-0.1, -0.05) is 11.6 Å². The highest BCUT2D eigenvalue weighted by Crippen LogP contribution is 2.25. The predicted octanol–water partition coefficient (Wildman–Crippen LogP) is 1.42. The van der Waals surface area contributed by atoms with Gasteiger partial charge in [0.15, 0.2) is 0 Å². The Morgan fingerprint density at radius 3 is 2.89 bits per heavy atom. The van der Waals surface area contributed by atoms with Gasteiger partial charge in [0.25, 0.3) is 0 Å². The second-order valence-electron chi connectivity index (χ2n) is 5.08. The van der Waals surface area contributed by atoms with Crippen LogP contribution in [0, 0.1) is 0 Å². The van der Waals surface area contributed by atoms with Crippen LogP contribution in [-0.2, 0) is 6.54 Å². The van der Waals surface area contributed by atoms with E-state index in [9.17, 15) is 0 Å². The lowest BCUT2D eigenvalue weighted by Crippen LogP contribution is -2.54. The first-order valence-corrected chi connectivity index (χ1v) is 6.97. The third kappa shape index (κ3) is 3.60. The summed E-state index contributed by atoms with van der Waals surface area (Å²) in [6.07, 6.45) is 0. The third-order valence-corrected chi connectivity index (χ3v) is 3.93. The Balaban J connectivity index is 2.13. The van der Waals surface area contributed by atoms with Crippen molar-refractivity contribution in [2.24, 2.45) is 5.73 Å². The molecule has 1 atom stereocenters. The molecule has 1 aromatic carbocycles. The number of hydrogen-bond donors (Lipinski definition) is 1. The van der Waals surface area contributed by atoms with Crippen LogP contribution in [0.5, 0.6) is 5.75 Å². The molecule has 0 spiro atoms. The minimum Gasteiger partial charge on any atom is -0.496 e. The molecular weight excluding hydrogens is 262 g/mol. The van der Waals surface area contributed by atoms with Gasteiger partial charge in [-0.25, -0.2) is 0 Å². The number of likely N-dealkylation sites (N-methyl/N-ethyl adjacent to an activating group) is 1. The van der Waals surface area contributed by atoms with Crippen LogP contribution in [0.1, 0.15) is 5.56 Å². The van der Waals surface area contributed by atoms with E-state index >= 15 is 0 Å². The Hall–Kier alpha value is -0.810. The first kappa shape index (κ1) is 14.6. The van der Waals surface area contributed by atoms with Gasteiger partial charge in [0.2, 0.25) is 0 Å². The minimum absolute atomic E-state index is 0.391. The number of rotatable bonds is 4. The van der Waals surface area contributed by atoms with E-state index in [1.54, 1.807) is 7.11 Å². The van der Waals surface area contributed by atoms with Crippen molar-refractivity contribution in [3.05, 3.63) is 28.8 Å². The molecular formula is C14H22ClN3O. The van der Waals surface area contributed by atoms with Crippen LogP contribution in [0.3, 0.4) is 0 Å². The number of hydrogen-bond acceptors (Lipinski definition) is 4. The lowest BCUT2D eigenvalue weighted by Gasteiger charge is -2.39. The highest BCUT2D eigenvalue weighted by atomic mass is 35.5. The van der Waals surface area contributed by atoms with E-state index in [4.69, 9.17) is 22.1 Å². The van der Waals surface area contributed by atoms with Crippen LogP contribution in [0.15, 0.2) is 18.2 Å². The van der Waals surface area contributed by atoms with Gasteiger partial charge >= 0.3 is 0 Å². The Labute approximate surface area is 120 Å². The van der Waals surface area contributed by atoms with E-state index in [1.807, 2.05) is 18.2 Å². The van der Waals surface area contributed by atoms with Crippen molar-refractivity contribution in [3.63, 3.8) is 0 Å². The normalized spacial score (nSPS) is 21.6. The minimum atomic E-state index is 0.391. The van der Waals surface area contributed by atoms with Crippen LogP contribution in [0.2, 0.25) is 5.02 Å². The van der Waals surface area contributed by atoms with Crippen molar-refractivity contribution >= 4 is 11.6 Å². The highest BCUT2D eigenvalue weighted by Gasteiger charge is 2.24. The molecule has 0 saturated carbocycles. The standard InChI is InChI=1S/C14H22ClN3O/c1-17-5-6-18(13(8-16)10-17)9-11-7-12(15)3-4-14(11)19-2/h3-4,7,13H,5-6,8-10,16H2,1-2H3. The monoisotopic (exact) mass is 283 g/mol. The van der Waals surface area contributed by atoms with Gasteiger partial charge in [-0.05, 0) is 25.2 Å². The van der Waals surface area contributed by atoms with Gasteiger partial charge in [-0.15, -0.1) is 0 Å². The van der Waals surface area contributed by atoms with Crippen LogP contribution in [-0.4, -0.2) is 56.2 Å². The predicted molar refractivity (Wildman–Crippen MR) is 78.8 cm³/mol.